The van der Waals surface area contributed by atoms with Crippen molar-refractivity contribution in [2.45, 2.75) is 6.92 Å². The summed E-state index contributed by atoms with van der Waals surface area (Å²) >= 11 is 5.51. The van der Waals surface area contributed by atoms with Crippen LogP contribution in [0.3, 0.4) is 0 Å². The maximum atomic E-state index is 11.1. The van der Waals surface area contributed by atoms with Gasteiger partial charge in [-0.3, -0.25) is 4.79 Å². The second-order valence-electron chi connectivity index (χ2n) is 2.22. The van der Waals surface area contributed by atoms with E-state index in [-0.39, 0.29) is 11.2 Å². The topological polar surface area (TPSA) is 54.9 Å². The van der Waals surface area contributed by atoms with Gasteiger partial charge < -0.3 is 5.32 Å². The molecule has 1 aromatic rings. The molecule has 0 spiro atoms. The van der Waals surface area contributed by atoms with Crippen LogP contribution in [-0.4, -0.2) is 22.9 Å². The summed E-state index contributed by atoms with van der Waals surface area (Å²) in [7, 11) is 1.55. The van der Waals surface area contributed by atoms with Gasteiger partial charge in [-0.05, 0) is 18.5 Å². The first kappa shape index (κ1) is 8.93. The number of hydrogen-bond donors (Lipinski definition) is 1. The summed E-state index contributed by atoms with van der Waals surface area (Å²) in [5, 5.41) is 2.63. The van der Waals surface area contributed by atoms with Gasteiger partial charge in [0.05, 0.1) is 11.3 Å². The van der Waals surface area contributed by atoms with E-state index < -0.39 is 0 Å². The minimum Gasteiger partial charge on any atom is -0.355 e. The minimum absolute atomic E-state index is 0.153. The van der Waals surface area contributed by atoms with Gasteiger partial charge in [0.15, 0.2) is 0 Å². The standard InChI is InChI=1S/C7H8ClN3O/c1-4-5(6(12)9-2)3-10-7(8)11-4/h3H,1-2H3,(H,9,12). The van der Waals surface area contributed by atoms with Crippen molar-refractivity contribution in [3.63, 3.8) is 0 Å². The summed E-state index contributed by atoms with van der Waals surface area (Å²) in [5.74, 6) is -0.204. The van der Waals surface area contributed by atoms with Crippen molar-refractivity contribution >= 4 is 17.5 Å². The lowest BCUT2D eigenvalue weighted by atomic mass is 10.2. The number of halogens is 1. The van der Waals surface area contributed by atoms with E-state index in [1.54, 1.807) is 14.0 Å². The molecule has 0 saturated carbocycles. The number of nitrogens with zero attached hydrogens (tertiary/aromatic N) is 2. The van der Waals surface area contributed by atoms with E-state index >= 15 is 0 Å². The average Bonchev–Trinajstić information content (AvgIpc) is 2.03. The zero-order valence-electron chi connectivity index (χ0n) is 6.76. The summed E-state index contributed by atoms with van der Waals surface area (Å²) < 4.78 is 0. The van der Waals surface area contributed by atoms with Crippen LogP contribution in [0.5, 0.6) is 0 Å². The molecule has 0 unspecified atom stereocenters. The molecule has 0 aliphatic heterocycles. The van der Waals surface area contributed by atoms with Crippen LogP contribution < -0.4 is 5.32 Å². The Morgan fingerprint density at radius 1 is 1.67 bits per heavy atom. The molecule has 64 valence electrons. The van der Waals surface area contributed by atoms with Crippen molar-refractivity contribution in [3.05, 3.63) is 22.7 Å². The van der Waals surface area contributed by atoms with Crippen LogP contribution in [0.4, 0.5) is 0 Å². The summed E-state index contributed by atoms with van der Waals surface area (Å²) in [5.41, 5.74) is 1.02. The van der Waals surface area contributed by atoms with E-state index in [9.17, 15) is 4.79 Å². The fraction of sp³-hybridized carbons (Fsp3) is 0.286. The van der Waals surface area contributed by atoms with E-state index in [0.29, 0.717) is 11.3 Å². The Bertz CT molecular complexity index is 314. The van der Waals surface area contributed by atoms with Crippen LogP contribution >= 0.6 is 11.6 Å². The molecule has 1 N–H and O–H groups in total. The van der Waals surface area contributed by atoms with E-state index in [4.69, 9.17) is 11.6 Å². The predicted molar refractivity (Wildman–Crippen MR) is 45.2 cm³/mol. The highest BCUT2D eigenvalue weighted by Crippen LogP contribution is 2.06. The molecular formula is C7H8ClN3O. The lowest BCUT2D eigenvalue weighted by Gasteiger charge is -2.01. The molecule has 0 aliphatic rings. The predicted octanol–water partition coefficient (Wildman–Crippen LogP) is 0.798. The van der Waals surface area contributed by atoms with Crippen LogP contribution in [0.1, 0.15) is 16.1 Å². The Kier molecular flexibility index (Phi) is 2.60. The molecule has 0 aromatic carbocycles. The highest BCUT2D eigenvalue weighted by molar-refractivity contribution is 6.28. The van der Waals surface area contributed by atoms with Gasteiger partial charge in [0.2, 0.25) is 5.28 Å². The Hall–Kier alpha value is -1.16. The number of aryl methyl sites for hydroxylation is 1. The summed E-state index contributed by atoms with van der Waals surface area (Å²) in [6.07, 6.45) is 1.41. The number of rotatable bonds is 1. The van der Waals surface area contributed by atoms with Gasteiger partial charge in [-0.15, -0.1) is 0 Å². The average molecular weight is 186 g/mol. The van der Waals surface area contributed by atoms with Gasteiger partial charge in [0.1, 0.15) is 0 Å². The molecule has 0 bridgehead atoms. The first-order chi connectivity index (χ1) is 5.65. The number of nitrogens with one attached hydrogen (secondary N) is 1. The molecular weight excluding hydrogens is 178 g/mol. The Labute approximate surface area is 75.0 Å². The third kappa shape index (κ3) is 1.71. The molecule has 12 heavy (non-hydrogen) atoms. The maximum absolute atomic E-state index is 11.1. The zero-order valence-corrected chi connectivity index (χ0v) is 7.51. The lowest BCUT2D eigenvalue weighted by Crippen LogP contribution is -2.19. The smallest absolute Gasteiger partial charge is 0.254 e. The Morgan fingerprint density at radius 3 is 2.83 bits per heavy atom. The van der Waals surface area contributed by atoms with Gasteiger partial charge >= 0.3 is 0 Å². The molecule has 0 saturated heterocycles. The molecule has 0 radical (unpaired) electrons. The molecule has 1 aromatic heterocycles. The lowest BCUT2D eigenvalue weighted by molar-refractivity contribution is 0.0961. The molecule has 4 nitrogen and oxygen atoms in total. The first-order valence-electron chi connectivity index (χ1n) is 3.36. The molecule has 0 aliphatic carbocycles. The molecule has 0 atom stereocenters. The number of carbonyl (C=O) groups excluding carboxylic acids is 1. The van der Waals surface area contributed by atoms with Crippen LogP contribution in [0, 0.1) is 6.92 Å². The molecule has 1 amide bonds. The fourth-order valence-corrected chi connectivity index (χ4v) is 0.972. The van der Waals surface area contributed by atoms with Gasteiger partial charge in [-0.2, -0.15) is 0 Å². The third-order valence-corrected chi connectivity index (χ3v) is 1.60. The van der Waals surface area contributed by atoms with Gasteiger partial charge in [0.25, 0.3) is 5.91 Å². The summed E-state index contributed by atoms with van der Waals surface area (Å²) in [6.45, 7) is 1.71. The van der Waals surface area contributed by atoms with E-state index in [2.05, 4.69) is 15.3 Å². The van der Waals surface area contributed by atoms with Crippen molar-refractivity contribution in [2.24, 2.45) is 0 Å². The number of aromatic nitrogens is 2. The van der Waals surface area contributed by atoms with Crippen molar-refractivity contribution in [3.8, 4) is 0 Å². The Morgan fingerprint density at radius 2 is 2.33 bits per heavy atom. The third-order valence-electron chi connectivity index (χ3n) is 1.42. The highest BCUT2D eigenvalue weighted by atomic mass is 35.5. The highest BCUT2D eigenvalue weighted by Gasteiger charge is 2.08. The van der Waals surface area contributed by atoms with E-state index in [1.165, 1.54) is 6.20 Å². The molecule has 1 rings (SSSR count). The van der Waals surface area contributed by atoms with Crippen molar-refractivity contribution in [1.82, 2.24) is 15.3 Å². The number of carbonyl (C=O) groups is 1. The Balaban J connectivity index is 3.09. The molecule has 0 fully saturated rings. The zero-order chi connectivity index (χ0) is 9.14. The monoisotopic (exact) mass is 185 g/mol. The van der Waals surface area contributed by atoms with Gasteiger partial charge in [-0.25, -0.2) is 9.97 Å². The maximum Gasteiger partial charge on any atom is 0.254 e. The fourth-order valence-electron chi connectivity index (χ4n) is 0.796. The van der Waals surface area contributed by atoms with Crippen LogP contribution in [-0.2, 0) is 0 Å². The summed E-state index contributed by atoms with van der Waals surface area (Å²) in [6, 6.07) is 0. The van der Waals surface area contributed by atoms with Crippen molar-refractivity contribution < 1.29 is 4.79 Å². The summed E-state index contributed by atoms with van der Waals surface area (Å²) in [4.78, 5) is 18.6. The second kappa shape index (κ2) is 3.49. The molecule has 1 heterocycles. The van der Waals surface area contributed by atoms with Crippen molar-refractivity contribution in [1.29, 1.82) is 0 Å². The SMILES string of the molecule is CNC(=O)c1cnc(Cl)nc1C. The molecule has 5 heteroatoms. The quantitative estimate of drug-likeness (QED) is 0.659. The van der Waals surface area contributed by atoms with Gasteiger partial charge in [-0.1, -0.05) is 0 Å². The normalized spacial score (nSPS) is 9.58. The number of hydrogen-bond acceptors (Lipinski definition) is 3. The second-order valence-corrected chi connectivity index (χ2v) is 2.56. The number of amides is 1. The minimum atomic E-state index is -0.204. The van der Waals surface area contributed by atoms with E-state index in [1.807, 2.05) is 0 Å². The van der Waals surface area contributed by atoms with Gasteiger partial charge in [0, 0.05) is 13.2 Å². The van der Waals surface area contributed by atoms with Crippen LogP contribution in [0.25, 0.3) is 0 Å². The van der Waals surface area contributed by atoms with E-state index in [0.717, 1.165) is 0 Å². The first-order valence-corrected chi connectivity index (χ1v) is 3.74. The van der Waals surface area contributed by atoms with Crippen molar-refractivity contribution in [2.75, 3.05) is 7.05 Å². The van der Waals surface area contributed by atoms with Crippen LogP contribution in [0.2, 0.25) is 5.28 Å². The largest absolute Gasteiger partial charge is 0.355 e. The van der Waals surface area contributed by atoms with Crippen LogP contribution in [0.15, 0.2) is 6.20 Å².